The molecule has 3 saturated heterocycles. The molecule has 2 bridgehead atoms. The molecule has 0 saturated carbocycles. The van der Waals surface area contributed by atoms with Crippen molar-refractivity contribution in [1.29, 1.82) is 0 Å². The molecule has 3 atom stereocenters. The summed E-state index contributed by atoms with van der Waals surface area (Å²) in [5.41, 5.74) is 6.13. The Morgan fingerprint density at radius 2 is 1.67 bits per heavy atom. The van der Waals surface area contributed by atoms with Crippen molar-refractivity contribution < 1.29 is 0 Å². The van der Waals surface area contributed by atoms with Crippen LogP contribution in [-0.4, -0.2) is 53.2 Å². The highest BCUT2D eigenvalue weighted by atomic mass is 32.2. The molecule has 0 radical (unpaired) electrons. The molecule has 3 fully saturated rings. The minimum absolute atomic E-state index is 0.475. The first-order chi connectivity index (χ1) is 8.72. The Bertz CT molecular complexity index is 264. The van der Waals surface area contributed by atoms with Crippen molar-refractivity contribution in [3.8, 4) is 0 Å². The molecule has 0 aromatic carbocycles. The van der Waals surface area contributed by atoms with Gasteiger partial charge in [0, 0.05) is 23.9 Å². The number of rotatable bonds is 3. The number of hydrogen-bond donors (Lipinski definition) is 1. The second-order valence-electron chi connectivity index (χ2n) is 6.52. The summed E-state index contributed by atoms with van der Waals surface area (Å²) in [7, 11) is 2.25. The minimum atomic E-state index is 0.475. The summed E-state index contributed by atoms with van der Waals surface area (Å²) in [4.78, 5) is 2.46. The smallest absolute Gasteiger partial charge is 0.0221 e. The van der Waals surface area contributed by atoms with Gasteiger partial charge in [0.1, 0.15) is 0 Å². The van der Waals surface area contributed by atoms with E-state index in [0.29, 0.717) is 6.04 Å². The Morgan fingerprint density at radius 3 is 2.28 bits per heavy atom. The monoisotopic (exact) mass is 269 g/mol. The van der Waals surface area contributed by atoms with Gasteiger partial charge in [-0.05, 0) is 64.6 Å². The van der Waals surface area contributed by atoms with E-state index in [1.807, 2.05) is 0 Å². The average Bonchev–Trinajstić information content (AvgIpc) is 2.60. The lowest BCUT2D eigenvalue weighted by molar-refractivity contribution is 0.226. The molecular weight excluding hydrogens is 242 g/mol. The van der Waals surface area contributed by atoms with Gasteiger partial charge in [-0.1, -0.05) is 11.9 Å². The fourth-order valence-electron chi connectivity index (χ4n) is 3.81. The second-order valence-corrected chi connectivity index (χ2v) is 7.53. The third-order valence-electron chi connectivity index (χ3n) is 5.00. The average molecular weight is 269 g/mol. The Hall–Kier alpha value is 0.230. The van der Waals surface area contributed by atoms with Crippen LogP contribution in [0.4, 0.5) is 0 Å². The zero-order valence-corrected chi connectivity index (χ0v) is 12.4. The Labute approximate surface area is 116 Å². The van der Waals surface area contributed by atoms with Crippen LogP contribution in [0.2, 0.25) is 0 Å². The third-order valence-corrected chi connectivity index (χ3v) is 6.51. The molecule has 0 aromatic rings. The molecule has 2 unspecified atom stereocenters. The van der Waals surface area contributed by atoms with Gasteiger partial charge < -0.3 is 10.6 Å². The van der Waals surface area contributed by atoms with E-state index in [1.165, 1.54) is 57.4 Å². The molecule has 4 heteroatoms. The summed E-state index contributed by atoms with van der Waals surface area (Å²) in [5.74, 6) is 2.29. The van der Waals surface area contributed by atoms with E-state index in [4.69, 9.17) is 5.73 Å². The van der Waals surface area contributed by atoms with Crippen molar-refractivity contribution in [2.45, 2.75) is 56.7 Å². The first kappa shape index (κ1) is 13.2. The summed E-state index contributed by atoms with van der Waals surface area (Å²) >= 11 is 2.15. The molecule has 3 aliphatic rings. The topological polar surface area (TPSA) is 32.5 Å². The van der Waals surface area contributed by atoms with E-state index in [2.05, 4.69) is 28.2 Å². The van der Waals surface area contributed by atoms with Crippen molar-refractivity contribution in [2.24, 2.45) is 11.7 Å². The van der Waals surface area contributed by atoms with Crippen LogP contribution in [0, 0.1) is 5.92 Å². The highest BCUT2D eigenvalue weighted by Gasteiger charge is 2.40. The number of nitrogens with two attached hydrogens (primary N) is 1. The van der Waals surface area contributed by atoms with Crippen LogP contribution in [-0.2, 0) is 0 Å². The highest BCUT2D eigenvalue weighted by molar-refractivity contribution is 7.97. The Kier molecular flexibility index (Phi) is 4.18. The fraction of sp³-hybridized carbons (Fsp3) is 1.00. The fourth-order valence-corrected chi connectivity index (χ4v) is 5.33. The standard InChI is InChI=1S/C14H27N3S/c1-16-6-4-11(5-7-16)10-18-17-13-2-3-14(17)9-12(15)8-13/h11-14H,2-10,15H2,1H3/t12?,13-,14?/m1/s1. The van der Waals surface area contributed by atoms with Crippen molar-refractivity contribution >= 4 is 11.9 Å². The van der Waals surface area contributed by atoms with Crippen molar-refractivity contribution in [3.63, 3.8) is 0 Å². The maximum atomic E-state index is 6.13. The van der Waals surface area contributed by atoms with Crippen LogP contribution in [0.1, 0.15) is 38.5 Å². The summed E-state index contributed by atoms with van der Waals surface area (Å²) in [6.45, 7) is 2.59. The van der Waals surface area contributed by atoms with Gasteiger partial charge in [-0.2, -0.15) is 0 Å². The number of piperidine rings is 2. The molecule has 2 N–H and O–H groups in total. The normalized spacial score (nSPS) is 39.3. The van der Waals surface area contributed by atoms with E-state index in [1.54, 1.807) is 0 Å². The summed E-state index contributed by atoms with van der Waals surface area (Å²) in [6.07, 6.45) is 8.03. The predicted octanol–water partition coefficient (Wildman–Crippen LogP) is 1.93. The Morgan fingerprint density at radius 1 is 1.06 bits per heavy atom. The highest BCUT2D eigenvalue weighted by Crippen LogP contribution is 2.40. The minimum Gasteiger partial charge on any atom is -0.328 e. The van der Waals surface area contributed by atoms with Gasteiger partial charge in [0.2, 0.25) is 0 Å². The number of hydrogen-bond acceptors (Lipinski definition) is 4. The lowest BCUT2D eigenvalue weighted by atomic mass is 10.00. The quantitative estimate of drug-likeness (QED) is 0.794. The van der Waals surface area contributed by atoms with E-state index in [9.17, 15) is 0 Å². The van der Waals surface area contributed by atoms with E-state index < -0.39 is 0 Å². The van der Waals surface area contributed by atoms with Gasteiger partial charge in [0.05, 0.1) is 0 Å². The maximum absolute atomic E-state index is 6.13. The molecule has 0 spiro atoms. The molecule has 3 heterocycles. The van der Waals surface area contributed by atoms with Crippen LogP contribution < -0.4 is 5.73 Å². The molecule has 3 aliphatic heterocycles. The van der Waals surface area contributed by atoms with Crippen LogP contribution in [0.3, 0.4) is 0 Å². The zero-order valence-electron chi connectivity index (χ0n) is 11.6. The van der Waals surface area contributed by atoms with Gasteiger partial charge in [0.25, 0.3) is 0 Å². The summed E-state index contributed by atoms with van der Waals surface area (Å²) in [6, 6.07) is 2.05. The van der Waals surface area contributed by atoms with Gasteiger partial charge in [-0.25, -0.2) is 4.31 Å². The maximum Gasteiger partial charge on any atom is 0.0221 e. The van der Waals surface area contributed by atoms with Gasteiger partial charge in [-0.15, -0.1) is 0 Å². The number of likely N-dealkylation sites (tertiary alicyclic amines) is 1. The SMILES string of the molecule is CN1CCC(CSN2C3CC[C@@H]2CC(N)C3)CC1. The molecule has 3 nitrogen and oxygen atoms in total. The van der Waals surface area contributed by atoms with Crippen LogP contribution >= 0.6 is 11.9 Å². The van der Waals surface area contributed by atoms with Crippen molar-refractivity contribution in [1.82, 2.24) is 9.21 Å². The lowest BCUT2D eigenvalue weighted by Gasteiger charge is -2.38. The van der Waals surface area contributed by atoms with Gasteiger partial charge in [-0.3, -0.25) is 0 Å². The molecule has 104 valence electrons. The van der Waals surface area contributed by atoms with Crippen LogP contribution in [0.5, 0.6) is 0 Å². The third kappa shape index (κ3) is 2.87. The summed E-state index contributed by atoms with van der Waals surface area (Å²) < 4.78 is 2.72. The molecular formula is C14H27N3S. The van der Waals surface area contributed by atoms with Crippen molar-refractivity contribution in [3.05, 3.63) is 0 Å². The predicted molar refractivity (Wildman–Crippen MR) is 78.5 cm³/mol. The van der Waals surface area contributed by atoms with Crippen LogP contribution in [0.15, 0.2) is 0 Å². The van der Waals surface area contributed by atoms with E-state index in [-0.39, 0.29) is 0 Å². The zero-order chi connectivity index (χ0) is 12.5. The first-order valence-electron chi connectivity index (χ1n) is 7.57. The van der Waals surface area contributed by atoms with E-state index in [0.717, 1.165) is 18.0 Å². The molecule has 0 aliphatic carbocycles. The second kappa shape index (κ2) is 5.70. The molecule has 18 heavy (non-hydrogen) atoms. The first-order valence-corrected chi connectivity index (χ1v) is 8.52. The van der Waals surface area contributed by atoms with E-state index >= 15 is 0 Å². The number of nitrogens with zero attached hydrogens (tertiary/aromatic N) is 2. The lowest BCUT2D eigenvalue weighted by Crippen LogP contribution is -2.44. The van der Waals surface area contributed by atoms with Gasteiger partial charge in [0.15, 0.2) is 0 Å². The van der Waals surface area contributed by atoms with Gasteiger partial charge >= 0.3 is 0 Å². The molecule has 3 rings (SSSR count). The summed E-state index contributed by atoms with van der Waals surface area (Å²) in [5, 5.41) is 0. The Balaban J connectivity index is 1.46. The molecule has 0 amide bonds. The molecule has 0 aromatic heterocycles. The number of fused-ring (bicyclic) bond motifs is 2. The van der Waals surface area contributed by atoms with Crippen molar-refractivity contribution in [2.75, 3.05) is 25.9 Å². The van der Waals surface area contributed by atoms with Crippen LogP contribution in [0.25, 0.3) is 0 Å². The largest absolute Gasteiger partial charge is 0.328 e.